The minimum Gasteiger partial charge on any atom is -0.312 e. The van der Waals surface area contributed by atoms with Crippen LogP contribution >= 0.6 is 0 Å². The van der Waals surface area contributed by atoms with Gasteiger partial charge in [0.15, 0.2) is 8.07 Å². The second-order valence-electron chi connectivity index (χ2n) is 14.8. The zero-order valence-corrected chi connectivity index (χ0v) is 29.7. The van der Waals surface area contributed by atoms with Crippen LogP contribution in [0.15, 0.2) is 182 Å². The van der Waals surface area contributed by atoms with E-state index in [9.17, 15) is 0 Å². The third-order valence-electron chi connectivity index (χ3n) is 12.5. The molecule has 5 heterocycles. The summed E-state index contributed by atoms with van der Waals surface area (Å²) in [4.78, 5) is 5.25. The van der Waals surface area contributed by atoms with E-state index in [4.69, 9.17) is 0 Å². The molecular weight excluding hydrogens is 657 g/mol. The predicted molar refractivity (Wildman–Crippen MR) is 226 cm³/mol. The molecule has 0 spiro atoms. The number of benzene rings is 8. The van der Waals surface area contributed by atoms with Crippen LogP contribution in [-0.4, -0.2) is 19.4 Å². The molecule has 5 heteroatoms. The van der Waals surface area contributed by atoms with Gasteiger partial charge < -0.3 is 14.4 Å². The fourth-order valence-corrected chi connectivity index (χ4v) is 15.8. The predicted octanol–water partition coefficient (Wildman–Crippen LogP) is 6.87. The van der Waals surface area contributed by atoms with Crippen LogP contribution in [0.5, 0.6) is 0 Å². The highest BCUT2D eigenvalue weighted by Gasteiger charge is 2.54. The van der Waals surface area contributed by atoms with Gasteiger partial charge in [0.2, 0.25) is 0 Å². The van der Waals surface area contributed by atoms with E-state index in [1.165, 1.54) is 98.8 Å². The van der Waals surface area contributed by atoms with Gasteiger partial charge in [0.1, 0.15) is 0 Å². The standard InChI is InChI=1S/C48H30BN3Si/c1-3-16-31(17-4-1)53(32-18-5-2-6-19-32)43-28-14-13-27-41(43)52-42-30-34-33-20-7-9-23-37(33)50-39-25-11-12-26-40(39)51-38-24-10-8-21-35(38)49(45(42)48(51)46(34)50)36-22-15-29-44(53)47(36)52/h1-30H. The minimum atomic E-state index is -2.78. The smallest absolute Gasteiger partial charge is 0.252 e. The van der Waals surface area contributed by atoms with E-state index in [1.54, 1.807) is 0 Å². The largest absolute Gasteiger partial charge is 0.312 e. The van der Waals surface area contributed by atoms with Crippen molar-refractivity contribution >= 4 is 108 Å². The molecule has 0 saturated carbocycles. The lowest BCUT2D eigenvalue weighted by atomic mass is 9.33. The van der Waals surface area contributed by atoms with Gasteiger partial charge in [-0.2, -0.15) is 0 Å². The summed E-state index contributed by atoms with van der Waals surface area (Å²) >= 11 is 0. The maximum Gasteiger partial charge on any atom is 0.252 e. The number of para-hydroxylation sites is 6. The van der Waals surface area contributed by atoms with Gasteiger partial charge in [-0.3, -0.25) is 0 Å². The van der Waals surface area contributed by atoms with Crippen molar-refractivity contribution in [2.24, 2.45) is 0 Å². The second kappa shape index (κ2) is 9.85. The first-order valence-electron chi connectivity index (χ1n) is 18.6. The Hall–Kier alpha value is -6.56. The molecule has 0 aliphatic carbocycles. The molecule has 1 aromatic heterocycles. The molecule has 244 valence electrons. The molecule has 4 aliphatic heterocycles. The molecule has 0 atom stereocenters. The first-order valence-corrected chi connectivity index (χ1v) is 20.6. The van der Waals surface area contributed by atoms with Gasteiger partial charge in [-0.05, 0) is 73.5 Å². The Morgan fingerprint density at radius 1 is 0.396 bits per heavy atom. The lowest BCUT2D eigenvalue weighted by Crippen LogP contribution is -2.79. The van der Waals surface area contributed by atoms with Crippen LogP contribution in [-0.2, 0) is 0 Å². The molecule has 0 fully saturated rings. The van der Waals surface area contributed by atoms with Crippen LogP contribution < -0.4 is 46.9 Å². The lowest BCUT2D eigenvalue weighted by Gasteiger charge is -2.51. The highest BCUT2D eigenvalue weighted by molar-refractivity contribution is 7.22. The fraction of sp³-hybridized carbons (Fsp3) is 0. The maximum absolute atomic E-state index is 2.78. The zero-order valence-electron chi connectivity index (χ0n) is 28.7. The van der Waals surface area contributed by atoms with Gasteiger partial charge in [-0.25, -0.2) is 0 Å². The van der Waals surface area contributed by atoms with E-state index in [-0.39, 0.29) is 6.71 Å². The first-order chi connectivity index (χ1) is 26.4. The van der Waals surface area contributed by atoms with Gasteiger partial charge in [-0.15, -0.1) is 0 Å². The molecule has 0 saturated heterocycles. The van der Waals surface area contributed by atoms with Gasteiger partial charge in [-0.1, -0.05) is 146 Å². The third kappa shape index (κ3) is 3.21. The van der Waals surface area contributed by atoms with E-state index in [1.807, 2.05) is 0 Å². The van der Waals surface area contributed by atoms with E-state index in [2.05, 4.69) is 196 Å². The van der Waals surface area contributed by atoms with Crippen molar-refractivity contribution in [1.82, 2.24) is 4.57 Å². The topological polar surface area (TPSA) is 11.4 Å². The van der Waals surface area contributed by atoms with Crippen molar-refractivity contribution in [2.75, 3.05) is 9.80 Å². The molecule has 4 aliphatic rings. The molecule has 0 N–H and O–H groups in total. The van der Waals surface area contributed by atoms with Crippen LogP contribution in [0.25, 0.3) is 27.5 Å². The lowest BCUT2D eigenvalue weighted by molar-refractivity contribution is 1.11. The summed E-state index contributed by atoms with van der Waals surface area (Å²) in [5, 5.41) is 8.30. The fourth-order valence-electron chi connectivity index (χ4n) is 10.7. The Bertz CT molecular complexity index is 3000. The number of rotatable bonds is 2. The Morgan fingerprint density at radius 3 is 1.77 bits per heavy atom. The van der Waals surface area contributed by atoms with Crippen LogP contribution in [0.2, 0.25) is 0 Å². The molecule has 0 bridgehead atoms. The summed E-state index contributed by atoms with van der Waals surface area (Å²) in [6, 6.07) is 69.0. The number of nitrogens with zero attached hydrogens (tertiary/aromatic N) is 3. The van der Waals surface area contributed by atoms with Gasteiger partial charge >= 0.3 is 0 Å². The van der Waals surface area contributed by atoms with Crippen molar-refractivity contribution in [3.63, 3.8) is 0 Å². The quantitative estimate of drug-likeness (QED) is 0.184. The highest BCUT2D eigenvalue weighted by Crippen LogP contribution is 2.53. The summed E-state index contributed by atoms with van der Waals surface area (Å²) in [6.07, 6.45) is 0. The summed E-state index contributed by atoms with van der Waals surface area (Å²) in [5.41, 5.74) is 15.6. The van der Waals surface area contributed by atoms with Crippen LogP contribution in [0.4, 0.5) is 34.1 Å². The maximum atomic E-state index is 2.66. The normalized spacial score (nSPS) is 14.8. The summed E-state index contributed by atoms with van der Waals surface area (Å²) in [7, 11) is -2.78. The van der Waals surface area contributed by atoms with Crippen molar-refractivity contribution in [3.8, 4) is 5.69 Å². The van der Waals surface area contributed by atoms with E-state index >= 15 is 0 Å². The minimum absolute atomic E-state index is 0.0725. The molecule has 0 amide bonds. The van der Waals surface area contributed by atoms with Gasteiger partial charge in [0.25, 0.3) is 6.71 Å². The Labute approximate surface area is 308 Å². The van der Waals surface area contributed by atoms with Gasteiger partial charge in [0, 0.05) is 33.5 Å². The highest BCUT2D eigenvalue weighted by atomic mass is 28.3. The molecule has 53 heavy (non-hydrogen) atoms. The molecule has 0 unspecified atom stereocenters. The van der Waals surface area contributed by atoms with Crippen LogP contribution in [0.3, 0.4) is 0 Å². The molecule has 3 nitrogen and oxygen atoms in total. The Kier molecular flexibility index (Phi) is 5.22. The van der Waals surface area contributed by atoms with Crippen LogP contribution in [0, 0.1) is 0 Å². The second-order valence-corrected chi connectivity index (χ2v) is 18.5. The SMILES string of the molecule is c1ccc([Si]2(c3ccccc3)c3ccccc3N3c4cc5c6ccccc6n6c5c5c4B(c4ccccc4N5c4ccccc4-6)c4cccc2c43)cc1. The molecule has 8 aromatic carbocycles. The van der Waals surface area contributed by atoms with Crippen molar-refractivity contribution < 1.29 is 0 Å². The number of aromatic nitrogens is 1. The third-order valence-corrected chi connectivity index (χ3v) is 17.4. The van der Waals surface area contributed by atoms with E-state index in [0.717, 1.165) is 0 Å². The van der Waals surface area contributed by atoms with Crippen molar-refractivity contribution in [3.05, 3.63) is 182 Å². The van der Waals surface area contributed by atoms with E-state index in [0.29, 0.717) is 0 Å². The number of hydrogen-bond acceptors (Lipinski definition) is 2. The Balaban J connectivity index is 1.25. The molecule has 13 rings (SSSR count). The first kappa shape index (κ1) is 28.1. The average molecular weight is 688 g/mol. The number of fused-ring (bicyclic) bond motifs is 13. The molecule has 9 aromatic rings. The summed E-state index contributed by atoms with van der Waals surface area (Å²) < 4.78 is 2.54. The average Bonchev–Trinajstić information content (AvgIpc) is 3.57. The van der Waals surface area contributed by atoms with Crippen molar-refractivity contribution in [2.45, 2.75) is 0 Å². The van der Waals surface area contributed by atoms with E-state index < -0.39 is 8.07 Å². The summed E-state index contributed by atoms with van der Waals surface area (Å²) in [6.45, 7) is 0.0725. The van der Waals surface area contributed by atoms with Gasteiger partial charge in [0.05, 0.1) is 28.1 Å². The molecular formula is C48H30BN3Si. The van der Waals surface area contributed by atoms with Crippen LogP contribution in [0.1, 0.15) is 0 Å². The monoisotopic (exact) mass is 687 g/mol. The summed E-state index contributed by atoms with van der Waals surface area (Å²) in [5.74, 6) is 0. The zero-order chi connectivity index (χ0) is 34.4. The number of anilines is 6. The Morgan fingerprint density at radius 2 is 0.981 bits per heavy atom. The van der Waals surface area contributed by atoms with Crippen molar-refractivity contribution in [1.29, 1.82) is 0 Å². The number of hydrogen-bond donors (Lipinski definition) is 0. The molecule has 0 radical (unpaired) electrons.